The van der Waals surface area contributed by atoms with Crippen LogP contribution in [0.4, 0.5) is 0 Å². The van der Waals surface area contributed by atoms with Gasteiger partial charge in [0.05, 0.1) is 17.2 Å². The Hall–Kier alpha value is -1.68. The number of aromatic nitrogens is 1. The molecule has 0 fully saturated rings. The lowest BCUT2D eigenvalue weighted by atomic mass is 10.1. The molecule has 0 saturated carbocycles. The van der Waals surface area contributed by atoms with Crippen LogP contribution >= 0.6 is 11.3 Å². The van der Waals surface area contributed by atoms with Gasteiger partial charge in [0.1, 0.15) is 10.8 Å². The molecule has 3 nitrogen and oxygen atoms in total. The maximum atomic E-state index is 11.7. The number of nitrogens with zero attached hydrogens (tertiary/aromatic N) is 1. The van der Waals surface area contributed by atoms with E-state index in [0.717, 1.165) is 39.9 Å². The second kappa shape index (κ2) is 6.85. The highest BCUT2D eigenvalue weighted by atomic mass is 32.1. The lowest BCUT2D eigenvalue weighted by molar-refractivity contribution is 0.102. The summed E-state index contributed by atoms with van der Waals surface area (Å²) in [6.07, 6.45) is 0.994. The van der Waals surface area contributed by atoms with E-state index in [2.05, 4.69) is 25.8 Å². The Bertz CT molecular complexity index is 614. The maximum absolute atomic E-state index is 11.7. The van der Waals surface area contributed by atoms with Crippen LogP contribution in [0.3, 0.4) is 0 Å². The predicted octanol–water partition coefficient (Wildman–Crippen LogP) is 4.92. The number of ether oxygens (including phenoxy) is 1. The number of Topliss-reactive ketones (excluding diaryl/α,β-unsaturated/α-hetero) is 1. The van der Waals surface area contributed by atoms with Crippen molar-refractivity contribution in [1.82, 2.24) is 4.98 Å². The van der Waals surface area contributed by atoms with Crippen molar-refractivity contribution < 1.29 is 9.53 Å². The second-order valence-electron chi connectivity index (χ2n) is 5.32. The van der Waals surface area contributed by atoms with Gasteiger partial charge < -0.3 is 4.74 Å². The highest BCUT2D eigenvalue weighted by Crippen LogP contribution is 2.32. The van der Waals surface area contributed by atoms with Gasteiger partial charge in [-0.2, -0.15) is 0 Å². The number of rotatable bonds is 6. The number of hydrogen-bond donors (Lipinski definition) is 0. The van der Waals surface area contributed by atoms with Crippen molar-refractivity contribution in [3.05, 3.63) is 34.8 Å². The summed E-state index contributed by atoms with van der Waals surface area (Å²) in [5, 5.41) is 0.894. The minimum Gasteiger partial charge on any atom is -0.494 e. The smallest absolute Gasteiger partial charge is 0.171 e. The van der Waals surface area contributed by atoms with Crippen molar-refractivity contribution in [2.45, 2.75) is 40.0 Å². The van der Waals surface area contributed by atoms with Crippen LogP contribution in [-0.2, 0) is 0 Å². The van der Waals surface area contributed by atoms with Crippen LogP contribution in [0.2, 0.25) is 0 Å². The van der Waals surface area contributed by atoms with Gasteiger partial charge in [0, 0.05) is 12.5 Å². The van der Waals surface area contributed by atoms with Gasteiger partial charge >= 0.3 is 0 Å². The molecule has 21 heavy (non-hydrogen) atoms. The van der Waals surface area contributed by atoms with E-state index < -0.39 is 0 Å². The molecule has 0 atom stereocenters. The van der Waals surface area contributed by atoms with E-state index in [4.69, 9.17) is 4.74 Å². The van der Waals surface area contributed by atoms with E-state index in [1.807, 2.05) is 24.3 Å². The Balaban J connectivity index is 2.29. The van der Waals surface area contributed by atoms with Crippen LogP contribution in [0.5, 0.6) is 5.75 Å². The van der Waals surface area contributed by atoms with E-state index >= 15 is 0 Å². The zero-order chi connectivity index (χ0) is 15.4. The Morgan fingerprint density at radius 2 is 1.95 bits per heavy atom. The molecule has 1 heterocycles. The predicted molar refractivity (Wildman–Crippen MR) is 87.4 cm³/mol. The Labute approximate surface area is 130 Å². The summed E-state index contributed by atoms with van der Waals surface area (Å²) >= 11 is 1.47. The van der Waals surface area contributed by atoms with Gasteiger partial charge in [-0.3, -0.25) is 4.79 Å². The standard InChI is InChI=1S/C17H21NO2S/c1-5-10-20-14-8-6-13(7-9-14)17-18-15(11(2)3)16(21-17)12(4)19/h6-9,11H,5,10H2,1-4H3. The van der Waals surface area contributed by atoms with Crippen LogP contribution in [0.1, 0.15) is 55.4 Å². The van der Waals surface area contributed by atoms with Gasteiger partial charge in [0.15, 0.2) is 5.78 Å². The quantitative estimate of drug-likeness (QED) is 0.711. The Kier molecular flexibility index (Phi) is 5.12. The third kappa shape index (κ3) is 3.70. The molecule has 0 radical (unpaired) electrons. The summed E-state index contributed by atoms with van der Waals surface area (Å²) in [4.78, 5) is 17.2. The summed E-state index contributed by atoms with van der Waals surface area (Å²) in [7, 11) is 0. The molecule has 0 N–H and O–H groups in total. The fourth-order valence-corrected chi connectivity index (χ4v) is 3.13. The Morgan fingerprint density at radius 1 is 1.29 bits per heavy atom. The molecule has 0 saturated heterocycles. The molecule has 0 aliphatic carbocycles. The van der Waals surface area contributed by atoms with Crippen LogP contribution in [0.15, 0.2) is 24.3 Å². The first-order valence-electron chi connectivity index (χ1n) is 7.27. The monoisotopic (exact) mass is 303 g/mol. The van der Waals surface area contributed by atoms with E-state index in [0.29, 0.717) is 0 Å². The molecular weight excluding hydrogens is 282 g/mol. The molecule has 0 aliphatic heterocycles. The number of carbonyl (C=O) groups excluding carboxylic acids is 1. The molecule has 2 rings (SSSR count). The van der Waals surface area contributed by atoms with Crippen molar-refractivity contribution >= 4 is 17.1 Å². The van der Waals surface area contributed by atoms with Crippen LogP contribution < -0.4 is 4.74 Å². The van der Waals surface area contributed by atoms with Gasteiger partial charge in [-0.05, 0) is 36.6 Å². The zero-order valence-electron chi connectivity index (χ0n) is 13.0. The van der Waals surface area contributed by atoms with Gasteiger partial charge in [0.25, 0.3) is 0 Å². The summed E-state index contributed by atoms with van der Waals surface area (Å²) in [5.41, 5.74) is 1.92. The first kappa shape index (κ1) is 15.7. The summed E-state index contributed by atoms with van der Waals surface area (Å²) < 4.78 is 5.58. The van der Waals surface area contributed by atoms with Gasteiger partial charge in [-0.15, -0.1) is 11.3 Å². The number of hydrogen-bond acceptors (Lipinski definition) is 4. The SMILES string of the molecule is CCCOc1ccc(-c2nc(C(C)C)c(C(C)=O)s2)cc1. The molecule has 0 amide bonds. The highest BCUT2D eigenvalue weighted by Gasteiger charge is 2.18. The highest BCUT2D eigenvalue weighted by molar-refractivity contribution is 7.17. The third-order valence-corrected chi connectivity index (χ3v) is 4.32. The first-order chi connectivity index (χ1) is 10.0. The maximum Gasteiger partial charge on any atom is 0.171 e. The summed E-state index contributed by atoms with van der Waals surface area (Å²) in [6.45, 7) is 8.54. The minimum absolute atomic E-state index is 0.0883. The second-order valence-corrected chi connectivity index (χ2v) is 6.32. The fraction of sp³-hybridized carbons (Fsp3) is 0.412. The van der Waals surface area contributed by atoms with Crippen LogP contribution in [0.25, 0.3) is 10.6 Å². The van der Waals surface area contributed by atoms with Crippen molar-refractivity contribution in [3.8, 4) is 16.3 Å². The average molecular weight is 303 g/mol. The molecule has 0 bridgehead atoms. The van der Waals surface area contributed by atoms with Crippen molar-refractivity contribution in [2.75, 3.05) is 6.61 Å². The number of benzene rings is 1. The number of thiazole rings is 1. The lowest BCUT2D eigenvalue weighted by Gasteiger charge is -2.04. The molecular formula is C17H21NO2S. The number of ketones is 1. The number of carbonyl (C=O) groups is 1. The topological polar surface area (TPSA) is 39.2 Å². The summed E-state index contributed by atoms with van der Waals surface area (Å²) in [6, 6.07) is 7.90. The normalized spacial score (nSPS) is 10.9. The van der Waals surface area contributed by atoms with E-state index in [1.165, 1.54) is 11.3 Å². The van der Waals surface area contributed by atoms with Crippen molar-refractivity contribution in [1.29, 1.82) is 0 Å². The minimum atomic E-state index is 0.0883. The average Bonchev–Trinajstić information content (AvgIpc) is 2.91. The molecule has 1 aromatic heterocycles. The summed E-state index contributed by atoms with van der Waals surface area (Å²) in [5.74, 6) is 1.21. The molecule has 2 aromatic rings. The molecule has 0 aliphatic rings. The molecule has 112 valence electrons. The van der Waals surface area contributed by atoms with Gasteiger partial charge in [0.2, 0.25) is 0 Å². The molecule has 0 unspecified atom stereocenters. The first-order valence-corrected chi connectivity index (χ1v) is 8.09. The van der Waals surface area contributed by atoms with Crippen LogP contribution in [0, 0.1) is 0 Å². The largest absolute Gasteiger partial charge is 0.494 e. The third-order valence-electron chi connectivity index (χ3n) is 3.09. The lowest BCUT2D eigenvalue weighted by Crippen LogP contribution is -1.97. The van der Waals surface area contributed by atoms with Crippen molar-refractivity contribution in [2.24, 2.45) is 0 Å². The van der Waals surface area contributed by atoms with Crippen LogP contribution in [-0.4, -0.2) is 17.4 Å². The fourth-order valence-electron chi connectivity index (χ4n) is 2.01. The van der Waals surface area contributed by atoms with Gasteiger partial charge in [-0.1, -0.05) is 20.8 Å². The van der Waals surface area contributed by atoms with E-state index in [1.54, 1.807) is 6.92 Å². The van der Waals surface area contributed by atoms with Gasteiger partial charge in [-0.25, -0.2) is 4.98 Å². The van der Waals surface area contributed by atoms with E-state index in [-0.39, 0.29) is 11.7 Å². The van der Waals surface area contributed by atoms with Crippen molar-refractivity contribution in [3.63, 3.8) is 0 Å². The molecule has 0 spiro atoms. The Morgan fingerprint density at radius 3 is 2.43 bits per heavy atom. The van der Waals surface area contributed by atoms with E-state index in [9.17, 15) is 4.79 Å². The zero-order valence-corrected chi connectivity index (χ0v) is 13.8. The molecule has 4 heteroatoms. The molecule has 1 aromatic carbocycles.